The van der Waals surface area contributed by atoms with Crippen LogP contribution in [0.2, 0.25) is 0 Å². The molecule has 0 saturated heterocycles. The molecule has 0 aromatic heterocycles. The molecule has 0 aliphatic heterocycles. The molecule has 120 valence electrons. The van der Waals surface area contributed by atoms with Gasteiger partial charge in [0.2, 0.25) is 10.0 Å². The summed E-state index contributed by atoms with van der Waals surface area (Å²) < 4.78 is 26.1. The first-order valence-corrected chi connectivity index (χ1v) is 8.70. The second-order valence-corrected chi connectivity index (χ2v) is 7.43. The lowest BCUT2D eigenvalue weighted by Crippen LogP contribution is -2.33. The van der Waals surface area contributed by atoms with Gasteiger partial charge in [-0.2, -0.15) is 4.31 Å². The van der Waals surface area contributed by atoms with E-state index in [0.717, 1.165) is 18.5 Å². The van der Waals surface area contributed by atoms with E-state index in [-0.39, 0.29) is 17.5 Å². The summed E-state index contributed by atoms with van der Waals surface area (Å²) in [5.41, 5.74) is 0.940. The van der Waals surface area contributed by atoms with Crippen LogP contribution in [0.4, 0.5) is 0 Å². The second kappa shape index (κ2) is 7.89. The largest absolute Gasteiger partial charge is 0.392 e. The number of likely N-dealkylation sites (N-methyl/N-ethyl adjacent to an activating group) is 1. The third-order valence-electron chi connectivity index (χ3n) is 3.29. The van der Waals surface area contributed by atoms with Crippen molar-refractivity contribution in [3.05, 3.63) is 29.8 Å². The highest BCUT2D eigenvalue weighted by Crippen LogP contribution is 2.20. The number of aliphatic hydroxyl groups excluding tert-OH is 1. The van der Waals surface area contributed by atoms with Gasteiger partial charge in [0.05, 0.1) is 11.0 Å². The number of benzene rings is 1. The molecule has 0 fully saturated rings. The van der Waals surface area contributed by atoms with Crippen LogP contribution < -0.4 is 5.32 Å². The topological polar surface area (TPSA) is 69.6 Å². The van der Waals surface area contributed by atoms with Crippen molar-refractivity contribution in [1.82, 2.24) is 9.62 Å². The van der Waals surface area contributed by atoms with Gasteiger partial charge in [-0.25, -0.2) is 8.42 Å². The van der Waals surface area contributed by atoms with Crippen molar-refractivity contribution in [2.75, 3.05) is 20.1 Å². The number of sulfonamides is 1. The van der Waals surface area contributed by atoms with E-state index in [2.05, 4.69) is 12.2 Å². The van der Waals surface area contributed by atoms with Crippen LogP contribution in [-0.2, 0) is 10.0 Å². The van der Waals surface area contributed by atoms with Gasteiger partial charge in [0, 0.05) is 19.6 Å². The lowest BCUT2D eigenvalue weighted by molar-refractivity contribution is 0.171. The van der Waals surface area contributed by atoms with Crippen molar-refractivity contribution < 1.29 is 13.5 Å². The third-order valence-corrected chi connectivity index (χ3v) is 5.11. The summed E-state index contributed by atoms with van der Waals surface area (Å²) in [5, 5.41) is 12.7. The lowest BCUT2D eigenvalue weighted by atomic mass is 10.1. The number of hydrogen-bond acceptors (Lipinski definition) is 4. The van der Waals surface area contributed by atoms with Gasteiger partial charge in [-0.15, -0.1) is 0 Å². The van der Waals surface area contributed by atoms with Gasteiger partial charge in [-0.1, -0.05) is 19.1 Å². The van der Waals surface area contributed by atoms with Crippen LogP contribution in [0.15, 0.2) is 29.2 Å². The standard InChI is InChI=1S/C15H26N2O3S/c1-5-9-16-13(3)14-7-6-8-15(10-14)21(19,20)17(4)11-12(2)18/h6-8,10,12-13,16,18H,5,9,11H2,1-4H3. The molecule has 5 nitrogen and oxygen atoms in total. The molecule has 2 N–H and O–H groups in total. The summed E-state index contributed by atoms with van der Waals surface area (Å²) in [6.45, 7) is 6.64. The highest BCUT2D eigenvalue weighted by molar-refractivity contribution is 7.89. The van der Waals surface area contributed by atoms with Crippen molar-refractivity contribution >= 4 is 10.0 Å². The van der Waals surface area contributed by atoms with Gasteiger partial charge in [-0.05, 0) is 44.5 Å². The van der Waals surface area contributed by atoms with Crippen LogP contribution in [-0.4, -0.2) is 44.1 Å². The minimum atomic E-state index is -3.57. The Labute approximate surface area is 128 Å². The molecule has 1 aromatic rings. The molecule has 0 aliphatic carbocycles. The quantitative estimate of drug-likeness (QED) is 0.767. The predicted octanol–water partition coefficient (Wildman–Crippen LogP) is 1.75. The zero-order chi connectivity index (χ0) is 16.0. The molecule has 6 heteroatoms. The fraction of sp³-hybridized carbons (Fsp3) is 0.600. The fourth-order valence-electron chi connectivity index (χ4n) is 2.07. The highest BCUT2D eigenvalue weighted by atomic mass is 32.2. The monoisotopic (exact) mass is 314 g/mol. The van der Waals surface area contributed by atoms with Crippen molar-refractivity contribution in [3.8, 4) is 0 Å². The zero-order valence-electron chi connectivity index (χ0n) is 13.2. The van der Waals surface area contributed by atoms with Gasteiger partial charge in [0.1, 0.15) is 0 Å². The number of nitrogens with zero attached hydrogens (tertiary/aromatic N) is 1. The molecule has 0 radical (unpaired) electrons. The molecule has 1 rings (SSSR count). The lowest BCUT2D eigenvalue weighted by Gasteiger charge is -2.20. The summed E-state index contributed by atoms with van der Waals surface area (Å²) in [7, 11) is -2.09. The maximum Gasteiger partial charge on any atom is 0.242 e. The fourth-order valence-corrected chi connectivity index (χ4v) is 3.38. The van der Waals surface area contributed by atoms with Gasteiger partial charge >= 0.3 is 0 Å². The molecule has 0 bridgehead atoms. The van der Waals surface area contributed by atoms with E-state index in [1.807, 2.05) is 13.0 Å². The molecule has 2 atom stereocenters. The minimum Gasteiger partial charge on any atom is -0.392 e. The van der Waals surface area contributed by atoms with E-state index < -0.39 is 16.1 Å². The normalized spacial score (nSPS) is 15.1. The average Bonchev–Trinajstić information content (AvgIpc) is 2.44. The van der Waals surface area contributed by atoms with Crippen molar-refractivity contribution in [1.29, 1.82) is 0 Å². The Kier molecular flexibility index (Phi) is 6.80. The molecule has 0 heterocycles. The van der Waals surface area contributed by atoms with E-state index in [0.29, 0.717) is 0 Å². The molecule has 0 saturated carbocycles. The molecule has 2 unspecified atom stereocenters. The first-order chi connectivity index (χ1) is 9.78. The summed E-state index contributed by atoms with van der Waals surface area (Å²) in [5.74, 6) is 0. The van der Waals surface area contributed by atoms with E-state index in [4.69, 9.17) is 0 Å². The van der Waals surface area contributed by atoms with Gasteiger partial charge in [-0.3, -0.25) is 0 Å². The smallest absolute Gasteiger partial charge is 0.242 e. The van der Waals surface area contributed by atoms with E-state index >= 15 is 0 Å². The molecule has 0 aliphatic rings. The van der Waals surface area contributed by atoms with Crippen LogP contribution in [0.25, 0.3) is 0 Å². The maximum atomic E-state index is 12.5. The Bertz CT molecular complexity index is 544. The molecule has 0 spiro atoms. The predicted molar refractivity (Wildman–Crippen MR) is 84.6 cm³/mol. The molecule has 21 heavy (non-hydrogen) atoms. The highest BCUT2D eigenvalue weighted by Gasteiger charge is 2.22. The molecule has 1 aromatic carbocycles. The Hall–Kier alpha value is -0.950. The van der Waals surface area contributed by atoms with Crippen LogP contribution in [0.1, 0.15) is 38.8 Å². The molecular weight excluding hydrogens is 288 g/mol. The van der Waals surface area contributed by atoms with Crippen molar-refractivity contribution in [2.45, 2.75) is 44.2 Å². The summed E-state index contributed by atoms with van der Waals surface area (Å²) in [6, 6.07) is 7.05. The molecular formula is C15H26N2O3S. The van der Waals surface area contributed by atoms with Crippen molar-refractivity contribution in [2.24, 2.45) is 0 Å². The SMILES string of the molecule is CCCNC(C)c1cccc(S(=O)(=O)N(C)CC(C)O)c1. The Balaban J connectivity index is 2.98. The number of nitrogens with one attached hydrogen (secondary N) is 1. The summed E-state index contributed by atoms with van der Waals surface area (Å²) >= 11 is 0. The van der Waals surface area contributed by atoms with E-state index in [1.165, 1.54) is 11.4 Å². The number of aliphatic hydroxyl groups is 1. The Morgan fingerprint density at radius 2 is 2.00 bits per heavy atom. The van der Waals surface area contributed by atoms with Crippen molar-refractivity contribution in [3.63, 3.8) is 0 Å². The van der Waals surface area contributed by atoms with E-state index in [9.17, 15) is 13.5 Å². The van der Waals surface area contributed by atoms with Gasteiger partial charge in [0.25, 0.3) is 0 Å². The first-order valence-electron chi connectivity index (χ1n) is 7.26. The first kappa shape index (κ1) is 18.1. The molecule has 0 amide bonds. The average molecular weight is 314 g/mol. The third kappa shape index (κ3) is 5.07. The maximum absolute atomic E-state index is 12.5. The Morgan fingerprint density at radius 3 is 2.57 bits per heavy atom. The van der Waals surface area contributed by atoms with Crippen LogP contribution in [0.5, 0.6) is 0 Å². The van der Waals surface area contributed by atoms with Crippen LogP contribution >= 0.6 is 0 Å². The number of rotatable bonds is 8. The number of hydrogen-bond donors (Lipinski definition) is 2. The summed E-state index contributed by atoms with van der Waals surface area (Å²) in [6.07, 6.45) is 0.331. The van der Waals surface area contributed by atoms with E-state index in [1.54, 1.807) is 25.1 Å². The second-order valence-electron chi connectivity index (χ2n) is 5.38. The van der Waals surface area contributed by atoms with Gasteiger partial charge < -0.3 is 10.4 Å². The van der Waals surface area contributed by atoms with Crippen LogP contribution in [0, 0.1) is 0 Å². The van der Waals surface area contributed by atoms with Gasteiger partial charge in [0.15, 0.2) is 0 Å². The zero-order valence-corrected chi connectivity index (χ0v) is 14.0. The Morgan fingerprint density at radius 1 is 1.33 bits per heavy atom. The summed E-state index contributed by atoms with van der Waals surface area (Å²) in [4.78, 5) is 0.258. The minimum absolute atomic E-state index is 0.0796. The van der Waals surface area contributed by atoms with Crippen LogP contribution in [0.3, 0.4) is 0 Å².